The van der Waals surface area contributed by atoms with Gasteiger partial charge in [0.1, 0.15) is 35.8 Å². The average Bonchev–Trinajstić information content (AvgIpc) is 3.51. The van der Waals surface area contributed by atoms with E-state index < -0.39 is 29.2 Å². The van der Waals surface area contributed by atoms with Crippen LogP contribution in [0.25, 0.3) is 11.2 Å². The van der Waals surface area contributed by atoms with Crippen LogP contribution in [0, 0.1) is 5.92 Å². The van der Waals surface area contributed by atoms with Gasteiger partial charge in [0.25, 0.3) is 11.8 Å². The lowest BCUT2D eigenvalue weighted by Crippen LogP contribution is -2.71. The first-order valence-corrected chi connectivity index (χ1v) is 14.5. The Kier molecular flexibility index (Phi) is 6.87. The van der Waals surface area contributed by atoms with Gasteiger partial charge in [-0.3, -0.25) is 14.5 Å². The summed E-state index contributed by atoms with van der Waals surface area (Å²) in [5, 5.41) is 16.1. The van der Waals surface area contributed by atoms with Crippen LogP contribution in [-0.4, -0.2) is 76.2 Å². The van der Waals surface area contributed by atoms with Crippen molar-refractivity contribution in [3.05, 3.63) is 41.8 Å². The van der Waals surface area contributed by atoms with E-state index in [0.717, 1.165) is 29.2 Å². The molecule has 1 saturated heterocycles. The normalized spacial score (nSPS) is 20.9. The second-order valence-electron chi connectivity index (χ2n) is 9.62. The topological polar surface area (TPSA) is 182 Å². The number of rotatable bonds is 10. The van der Waals surface area contributed by atoms with Crippen molar-refractivity contribution in [2.75, 3.05) is 18.1 Å². The molecule has 0 radical (unpaired) electrons. The van der Waals surface area contributed by atoms with Gasteiger partial charge >= 0.3 is 11.6 Å². The molecule has 4 N–H and O–H groups in total. The molecule has 2 aliphatic heterocycles. The molecule has 208 valence electrons. The van der Waals surface area contributed by atoms with E-state index in [9.17, 15) is 19.5 Å². The third-order valence-corrected chi connectivity index (χ3v) is 8.74. The molecule has 2 unspecified atom stereocenters. The summed E-state index contributed by atoms with van der Waals surface area (Å²) in [5.74, 6) is -1.43. The fraction of sp³-hybridized carbons (Fsp3) is 0.417. The number of nitrogens with one attached hydrogen (secondary N) is 1. The molecule has 14 nitrogen and oxygen atoms in total. The molecular weight excluding hydrogens is 558 g/mol. The number of carbonyl (C=O) groups is 3. The molecule has 0 aromatic carbocycles. The summed E-state index contributed by atoms with van der Waals surface area (Å²) in [6.45, 7) is 3.08. The second kappa shape index (κ2) is 10.5. The van der Waals surface area contributed by atoms with Crippen molar-refractivity contribution in [2.24, 2.45) is 11.1 Å². The zero-order valence-electron chi connectivity index (χ0n) is 21.4. The summed E-state index contributed by atoms with van der Waals surface area (Å²) in [5.41, 5.74) is 7.68. The Morgan fingerprint density at radius 2 is 2.20 bits per heavy atom. The number of hydrogen-bond donors (Lipinski definition) is 3. The number of β-lactam (4-membered cyclic amide) rings is 1. The molecule has 3 aromatic rings. The Morgan fingerprint density at radius 3 is 2.90 bits per heavy atom. The molecule has 0 spiro atoms. The number of carboxylic acids is 1. The smallest absolute Gasteiger partial charge is 0.352 e. The maximum absolute atomic E-state index is 13.2. The van der Waals surface area contributed by atoms with Gasteiger partial charge in [-0.1, -0.05) is 5.16 Å². The van der Waals surface area contributed by atoms with E-state index in [2.05, 4.69) is 29.4 Å². The number of anilines is 1. The predicted molar refractivity (Wildman–Crippen MR) is 145 cm³/mol. The number of hydrogen-bond acceptors (Lipinski definition) is 11. The van der Waals surface area contributed by atoms with Gasteiger partial charge in [0.2, 0.25) is 17.9 Å². The van der Waals surface area contributed by atoms with Gasteiger partial charge in [0.15, 0.2) is 5.13 Å². The van der Waals surface area contributed by atoms with E-state index in [1.807, 2.05) is 29.2 Å². The molecule has 1 aliphatic carbocycles. The average molecular weight is 585 g/mol. The van der Waals surface area contributed by atoms with Gasteiger partial charge < -0.3 is 25.6 Å². The van der Waals surface area contributed by atoms with Gasteiger partial charge in [0.05, 0.1) is 6.20 Å². The highest BCUT2D eigenvalue weighted by atomic mass is 32.2. The number of imidazole rings is 1. The third kappa shape index (κ3) is 4.77. The number of aliphatic carboxylic acids is 1. The molecule has 3 aromatic heterocycles. The molecule has 0 bridgehead atoms. The first-order valence-electron chi connectivity index (χ1n) is 12.7. The minimum Gasteiger partial charge on any atom is -0.477 e. The van der Waals surface area contributed by atoms with Crippen LogP contribution in [0.3, 0.4) is 0 Å². The zero-order chi connectivity index (χ0) is 28.0. The van der Waals surface area contributed by atoms with E-state index >= 15 is 0 Å². The van der Waals surface area contributed by atoms with Crippen LogP contribution in [0.5, 0.6) is 0 Å². The summed E-state index contributed by atoms with van der Waals surface area (Å²) in [7, 11) is 0. The van der Waals surface area contributed by atoms with E-state index in [1.165, 1.54) is 29.5 Å². The standard InChI is InChI=1S/C24H25N9O5S2/c1-2-38-29-15(18-28-24(25)40-30-18)20(34)27-16-21(35)33-17(23(36)37)13(10-39-22(16)33)9-31-7-3-4-14-19(31)26-11-32(14)8-12-5-6-12/h3-4,7,11-12,16,22H,2,5-6,8-10H2,1H3,(H3-,25,27,28,30,34,36,37)/p+1/b29-15-. The van der Waals surface area contributed by atoms with E-state index in [0.29, 0.717) is 17.2 Å². The van der Waals surface area contributed by atoms with Gasteiger partial charge in [-0.2, -0.15) is 9.36 Å². The molecule has 1 saturated carbocycles. The number of carboxylic acid groups (broad SMARTS) is 1. The SMILES string of the molecule is CCO/N=C(\C(=O)NC1C(=O)N2C(C(=O)O)=C(C[n+]3cccc4c3ncn4CC3CC3)CSC12)c1nsc(N)n1. The summed E-state index contributed by atoms with van der Waals surface area (Å²) in [6.07, 6.45) is 6.13. The Bertz CT molecular complexity index is 1580. The lowest BCUT2D eigenvalue weighted by Gasteiger charge is -2.49. The summed E-state index contributed by atoms with van der Waals surface area (Å²) in [4.78, 5) is 53.5. The van der Waals surface area contributed by atoms with Gasteiger partial charge in [0, 0.05) is 29.4 Å². The minimum atomic E-state index is -1.20. The maximum Gasteiger partial charge on any atom is 0.352 e. The van der Waals surface area contributed by atoms with Crippen LogP contribution < -0.4 is 15.6 Å². The monoisotopic (exact) mass is 584 g/mol. The molecular formula is C24H26N9O5S2+. The Balaban J connectivity index is 1.22. The predicted octanol–water partition coefficient (Wildman–Crippen LogP) is 0.347. The first-order chi connectivity index (χ1) is 19.4. The summed E-state index contributed by atoms with van der Waals surface area (Å²) in [6, 6.07) is 2.97. The van der Waals surface area contributed by atoms with Gasteiger partial charge in [-0.15, -0.1) is 11.8 Å². The highest BCUT2D eigenvalue weighted by molar-refractivity contribution is 8.00. The molecule has 16 heteroatoms. The highest BCUT2D eigenvalue weighted by Crippen LogP contribution is 2.40. The number of pyridine rings is 1. The largest absolute Gasteiger partial charge is 0.477 e. The number of aromatic nitrogens is 5. The summed E-state index contributed by atoms with van der Waals surface area (Å²) < 4.78 is 8.04. The number of amides is 2. The minimum absolute atomic E-state index is 0.0208. The fourth-order valence-electron chi connectivity index (χ4n) is 4.80. The number of nitrogen functional groups attached to an aromatic ring is 1. The number of oxime groups is 1. The Morgan fingerprint density at radius 1 is 1.38 bits per heavy atom. The molecule has 5 heterocycles. The Labute approximate surface area is 236 Å². The molecule has 3 aliphatic rings. The molecule has 2 amide bonds. The molecule has 40 heavy (non-hydrogen) atoms. The lowest BCUT2D eigenvalue weighted by atomic mass is 10.0. The zero-order valence-corrected chi connectivity index (χ0v) is 23.0. The van der Waals surface area contributed by atoms with Crippen LogP contribution in [0.2, 0.25) is 0 Å². The number of fused-ring (bicyclic) bond motifs is 2. The van der Waals surface area contributed by atoms with Crippen molar-refractivity contribution in [1.82, 2.24) is 29.1 Å². The third-order valence-electron chi connectivity index (χ3n) is 6.85. The van der Waals surface area contributed by atoms with Crippen molar-refractivity contribution in [2.45, 2.75) is 44.3 Å². The highest BCUT2D eigenvalue weighted by Gasteiger charge is 2.54. The number of nitrogens with zero attached hydrogens (tertiary/aromatic N) is 7. The van der Waals surface area contributed by atoms with Gasteiger partial charge in [-0.25, -0.2) is 9.36 Å². The van der Waals surface area contributed by atoms with Crippen molar-refractivity contribution in [3.8, 4) is 0 Å². The van der Waals surface area contributed by atoms with Crippen LogP contribution >= 0.6 is 23.3 Å². The van der Waals surface area contributed by atoms with Crippen molar-refractivity contribution in [3.63, 3.8) is 0 Å². The molecule has 6 rings (SSSR count). The van der Waals surface area contributed by atoms with Gasteiger partial charge in [-0.05, 0) is 42.8 Å². The number of nitrogens with two attached hydrogens (primary N) is 1. The molecule has 2 fully saturated rings. The van der Waals surface area contributed by atoms with Crippen molar-refractivity contribution in [1.29, 1.82) is 0 Å². The first kappa shape index (κ1) is 26.2. The van der Waals surface area contributed by atoms with Crippen LogP contribution in [0.4, 0.5) is 5.13 Å². The van der Waals surface area contributed by atoms with Crippen molar-refractivity contribution >= 4 is 63.1 Å². The summed E-state index contributed by atoms with van der Waals surface area (Å²) >= 11 is 2.28. The quantitative estimate of drug-likeness (QED) is 0.130. The van der Waals surface area contributed by atoms with Crippen LogP contribution in [-0.2, 0) is 32.3 Å². The Hall–Kier alpha value is -4.05. The maximum atomic E-state index is 13.2. The fourth-order valence-corrected chi connectivity index (χ4v) is 6.57. The van der Waals surface area contributed by atoms with E-state index in [1.54, 1.807) is 6.92 Å². The number of thioether (sulfide) groups is 1. The molecule has 2 atom stereocenters. The van der Waals surface area contributed by atoms with E-state index in [4.69, 9.17) is 10.6 Å². The van der Waals surface area contributed by atoms with E-state index in [-0.39, 0.29) is 35.5 Å². The second-order valence-corrected chi connectivity index (χ2v) is 11.5. The van der Waals surface area contributed by atoms with Crippen molar-refractivity contribution < 1.29 is 28.9 Å². The number of carbonyl (C=O) groups excluding carboxylic acids is 2. The lowest BCUT2D eigenvalue weighted by molar-refractivity contribution is -0.664. The van der Waals surface area contributed by atoms with Crippen LogP contribution in [0.1, 0.15) is 25.6 Å². The van der Waals surface area contributed by atoms with Crippen LogP contribution in [0.15, 0.2) is 41.1 Å².